The van der Waals surface area contributed by atoms with E-state index < -0.39 is 0 Å². The quantitative estimate of drug-likeness (QED) is 0.698. The van der Waals surface area contributed by atoms with Crippen molar-refractivity contribution in [1.29, 1.82) is 0 Å². The molecule has 0 aliphatic carbocycles. The first kappa shape index (κ1) is 17.7. The highest BCUT2D eigenvalue weighted by molar-refractivity contribution is 7.20. The molecule has 1 aromatic carbocycles. The summed E-state index contributed by atoms with van der Waals surface area (Å²) in [6, 6.07) is 12.1. The molecule has 1 aliphatic rings. The number of hydrogen-bond donors (Lipinski definition) is 0. The topological polar surface area (TPSA) is 52.6 Å². The molecule has 6 nitrogen and oxygen atoms in total. The van der Waals surface area contributed by atoms with Crippen LogP contribution in [0.4, 0.5) is 11.8 Å². The molecule has 3 heterocycles. The Bertz CT molecular complexity index is 942. The van der Waals surface area contributed by atoms with Crippen molar-refractivity contribution >= 4 is 39.1 Å². The van der Waals surface area contributed by atoms with Crippen LogP contribution in [0.25, 0.3) is 10.1 Å². The lowest BCUT2D eigenvalue weighted by Crippen LogP contribution is -2.49. The molecule has 1 saturated heterocycles. The summed E-state index contributed by atoms with van der Waals surface area (Å²) >= 11 is 1.57. The van der Waals surface area contributed by atoms with E-state index in [0.29, 0.717) is 13.1 Å². The van der Waals surface area contributed by atoms with E-state index >= 15 is 0 Å². The number of amides is 1. The zero-order valence-corrected chi connectivity index (χ0v) is 16.7. The van der Waals surface area contributed by atoms with Crippen LogP contribution in [0.15, 0.2) is 36.4 Å². The van der Waals surface area contributed by atoms with Gasteiger partial charge in [0.1, 0.15) is 5.82 Å². The number of aryl methyl sites for hydroxylation is 1. The lowest BCUT2D eigenvalue weighted by atomic mass is 10.2. The summed E-state index contributed by atoms with van der Waals surface area (Å²) in [5.74, 6) is 1.77. The summed E-state index contributed by atoms with van der Waals surface area (Å²) in [4.78, 5) is 29.0. The minimum absolute atomic E-state index is 0.120. The fourth-order valence-electron chi connectivity index (χ4n) is 3.26. The predicted molar refractivity (Wildman–Crippen MR) is 111 cm³/mol. The monoisotopic (exact) mass is 381 g/mol. The van der Waals surface area contributed by atoms with E-state index in [9.17, 15) is 4.79 Å². The normalized spacial score (nSPS) is 14.6. The predicted octanol–water partition coefficient (Wildman–Crippen LogP) is 3.03. The van der Waals surface area contributed by atoms with Gasteiger partial charge < -0.3 is 14.7 Å². The Morgan fingerprint density at radius 3 is 2.52 bits per heavy atom. The van der Waals surface area contributed by atoms with Gasteiger partial charge in [0.2, 0.25) is 5.95 Å². The van der Waals surface area contributed by atoms with E-state index in [0.717, 1.165) is 45.5 Å². The highest BCUT2D eigenvalue weighted by Gasteiger charge is 2.25. The van der Waals surface area contributed by atoms with Crippen molar-refractivity contribution < 1.29 is 4.79 Å². The van der Waals surface area contributed by atoms with Crippen molar-refractivity contribution in [2.75, 3.05) is 50.1 Å². The Morgan fingerprint density at radius 1 is 1.07 bits per heavy atom. The first-order valence-corrected chi connectivity index (χ1v) is 9.89. The Kier molecular flexibility index (Phi) is 4.70. The van der Waals surface area contributed by atoms with Gasteiger partial charge in [-0.2, -0.15) is 4.98 Å². The third kappa shape index (κ3) is 3.60. The van der Waals surface area contributed by atoms with Gasteiger partial charge in [0.15, 0.2) is 0 Å². The van der Waals surface area contributed by atoms with Gasteiger partial charge in [-0.1, -0.05) is 18.2 Å². The standard InChI is InChI=1S/C20H23N5OS/c1-14-12-18(23(2)3)22-20(21-14)25-10-8-24(9-11-25)19(26)17-13-15-6-4-5-7-16(15)27-17/h4-7,12-13H,8-11H2,1-3H3. The van der Waals surface area contributed by atoms with Crippen LogP contribution >= 0.6 is 11.3 Å². The summed E-state index contributed by atoms with van der Waals surface area (Å²) in [7, 11) is 3.96. The third-order valence-corrected chi connectivity index (χ3v) is 5.88. The molecule has 0 unspecified atom stereocenters. The van der Waals surface area contributed by atoms with Crippen molar-refractivity contribution in [2.24, 2.45) is 0 Å². The molecule has 3 aromatic rings. The van der Waals surface area contributed by atoms with Gasteiger partial charge in [-0.05, 0) is 24.4 Å². The summed E-state index contributed by atoms with van der Waals surface area (Å²) < 4.78 is 1.16. The number of aromatic nitrogens is 2. The average molecular weight is 382 g/mol. The Labute approximate surface area is 163 Å². The highest BCUT2D eigenvalue weighted by Crippen LogP contribution is 2.27. The number of nitrogens with zero attached hydrogens (tertiary/aromatic N) is 5. The molecule has 0 N–H and O–H groups in total. The molecule has 4 rings (SSSR count). The van der Waals surface area contributed by atoms with E-state index in [1.54, 1.807) is 11.3 Å². The van der Waals surface area contributed by atoms with Crippen molar-refractivity contribution in [3.63, 3.8) is 0 Å². The number of carbonyl (C=O) groups is 1. The molecule has 1 aliphatic heterocycles. The number of fused-ring (bicyclic) bond motifs is 1. The van der Waals surface area contributed by atoms with Gasteiger partial charge in [-0.25, -0.2) is 4.98 Å². The molecule has 1 amide bonds. The average Bonchev–Trinajstić information content (AvgIpc) is 3.11. The van der Waals surface area contributed by atoms with Gasteiger partial charge in [0, 0.05) is 56.7 Å². The van der Waals surface area contributed by atoms with Crippen LogP contribution in [-0.4, -0.2) is 61.0 Å². The molecule has 0 saturated carbocycles. The molecule has 0 spiro atoms. The lowest BCUT2D eigenvalue weighted by molar-refractivity contribution is 0.0751. The molecule has 140 valence electrons. The van der Waals surface area contributed by atoms with Crippen LogP contribution in [-0.2, 0) is 0 Å². The maximum atomic E-state index is 12.9. The van der Waals surface area contributed by atoms with E-state index in [1.807, 2.05) is 55.1 Å². The van der Waals surface area contributed by atoms with E-state index in [4.69, 9.17) is 0 Å². The maximum absolute atomic E-state index is 12.9. The molecule has 1 fully saturated rings. The number of thiophene rings is 1. The van der Waals surface area contributed by atoms with Crippen molar-refractivity contribution in [1.82, 2.24) is 14.9 Å². The lowest BCUT2D eigenvalue weighted by Gasteiger charge is -2.34. The third-order valence-electron chi connectivity index (χ3n) is 4.77. The molecular weight excluding hydrogens is 358 g/mol. The van der Waals surface area contributed by atoms with Crippen molar-refractivity contribution in [3.8, 4) is 0 Å². The second-order valence-electron chi connectivity index (χ2n) is 6.99. The second-order valence-corrected chi connectivity index (χ2v) is 8.07. The largest absolute Gasteiger partial charge is 0.363 e. The van der Waals surface area contributed by atoms with Gasteiger partial charge in [0.05, 0.1) is 4.88 Å². The molecule has 27 heavy (non-hydrogen) atoms. The number of piperazine rings is 1. The molecular formula is C20H23N5OS. The van der Waals surface area contributed by atoms with Gasteiger partial charge in [-0.3, -0.25) is 4.79 Å². The van der Waals surface area contributed by atoms with Gasteiger partial charge in [0.25, 0.3) is 5.91 Å². The smallest absolute Gasteiger partial charge is 0.264 e. The van der Waals surface area contributed by atoms with Crippen LogP contribution in [0.1, 0.15) is 15.4 Å². The zero-order valence-electron chi connectivity index (χ0n) is 15.8. The van der Waals surface area contributed by atoms with Crippen molar-refractivity contribution in [2.45, 2.75) is 6.92 Å². The zero-order chi connectivity index (χ0) is 19.0. The number of rotatable bonds is 3. The first-order chi connectivity index (χ1) is 13.0. The molecule has 7 heteroatoms. The van der Waals surface area contributed by atoms with Crippen LogP contribution in [0.5, 0.6) is 0 Å². The minimum Gasteiger partial charge on any atom is -0.363 e. The number of benzene rings is 1. The summed E-state index contributed by atoms with van der Waals surface area (Å²) in [6.45, 7) is 4.84. The van der Waals surface area contributed by atoms with E-state index in [-0.39, 0.29) is 5.91 Å². The summed E-state index contributed by atoms with van der Waals surface area (Å²) in [5, 5.41) is 1.13. The van der Waals surface area contributed by atoms with Gasteiger partial charge in [-0.15, -0.1) is 11.3 Å². The first-order valence-electron chi connectivity index (χ1n) is 9.07. The second kappa shape index (κ2) is 7.15. The summed E-state index contributed by atoms with van der Waals surface area (Å²) in [5.41, 5.74) is 0.951. The van der Waals surface area contributed by atoms with Gasteiger partial charge >= 0.3 is 0 Å². The fourth-order valence-corrected chi connectivity index (χ4v) is 4.29. The van der Waals surface area contributed by atoms with Crippen LogP contribution < -0.4 is 9.80 Å². The summed E-state index contributed by atoms with van der Waals surface area (Å²) in [6.07, 6.45) is 0. The number of anilines is 2. The number of carbonyl (C=O) groups excluding carboxylic acids is 1. The van der Waals surface area contributed by atoms with Crippen molar-refractivity contribution in [3.05, 3.63) is 47.0 Å². The Morgan fingerprint density at radius 2 is 1.81 bits per heavy atom. The van der Waals surface area contributed by atoms with E-state index in [1.165, 1.54) is 0 Å². The van der Waals surface area contributed by atoms with E-state index in [2.05, 4.69) is 27.0 Å². The SMILES string of the molecule is Cc1cc(N(C)C)nc(N2CCN(C(=O)c3cc4ccccc4s3)CC2)n1. The Balaban J connectivity index is 1.46. The van der Waals surface area contributed by atoms with Crippen LogP contribution in [0.3, 0.4) is 0 Å². The maximum Gasteiger partial charge on any atom is 0.264 e. The Hall–Kier alpha value is -2.67. The van der Waals surface area contributed by atoms with Crippen LogP contribution in [0.2, 0.25) is 0 Å². The molecule has 0 radical (unpaired) electrons. The van der Waals surface area contributed by atoms with Crippen LogP contribution in [0, 0.1) is 6.92 Å². The minimum atomic E-state index is 0.120. The fraction of sp³-hybridized carbons (Fsp3) is 0.350. The highest BCUT2D eigenvalue weighted by atomic mass is 32.1. The number of hydrogen-bond acceptors (Lipinski definition) is 6. The molecule has 2 aromatic heterocycles. The molecule has 0 atom stereocenters. The molecule has 0 bridgehead atoms.